The number of aromatic nitrogens is 1. The summed E-state index contributed by atoms with van der Waals surface area (Å²) >= 11 is 0. The topological polar surface area (TPSA) is 88.6 Å². The monoisotopic (exact) mass is 409 g/mol. The fourth-order valence-corrected chi connectivity index (χ4v) is 4.20. The Kier molecular flexibility index (Phi) is 7.60. The van der Waals surface area contributed by atoms with Crippen LogP contribution in [-0.4, -0.2) is 54.9 Å². The average Bonchev–Trinajstić information content (AvgIpc) is 2.62. The van der Waals surface area contributed by atoms with Gasteiger partial charge in [0.05, 0.1) is 23.6 Å². The Morgan fingerprint density at radius 2 is 2.14 bits per heavy atom. The molecule has 1 aromatic rings. The second kappa shape index (κ2) is 9.52. The van der Waals surface area contributed by atoms with Crippen LogP contribution in [0.15, 0.2) is 24.8 Å². The molecule has 8 heteroatoms. The molecule has 0 aliphatic carbocycles. The smallest absolute Gasteiger partial charge is 0.410 e. The number of nitrogens with zero attached hydrogens (tertiary/aromatic N) is 2. The standard InChI is InChI=1S/C20H31N3O4S/c1-6-28(25,26)22-18-11-8-12-23(20(24)27-15(4)5)19(18)13-16-9-7-10-17(21-16)14(2)3/h7,9-10,15,18-19,22H,2,6,8,11-13H2,1,3-5H3. The van der Waals surface area contributed by atoms with Gasteiger partial charge in [0.2, 0.25) is 10.0 Å². The van der Waals surface area contributed by atoms with Crippen LogP contribution in [0.5, 0.6) is 0 Å². The molecule has 0 spiro atoms. The highest BCUT2D eigenvalue weighted by Crippen LogP contribution is 2.23. The predicted molar refractivity (Wildman–Crippen MR) is 110 cm³/mol. The van der Waals surface area contributed by atoms with Crippen LogP contribution in [0.25, 0.3) is 5.57 Å². The van der Waals surface area contributed by atoms with Crippen molar-refractivity contribution in [3.8, 4) is 0 Å². The summed E-state index contributed by atoms with van der Waals surface area (Å²) in [6.07, 6.45) is 1.14. The molecule has 1 aliphatic rings. The minimum absolute atomic E-state index is 0.00391. The molecular weight excluding hydrogens is 378 g/mol. The molecule has 1 amide bonds. The van der Waals surface area contributed by atoms with Crippen molar-refractivity contribution in [3.05, 3.63) is 36.2 Å². The highest BCUT2D eigenvalue weighted by molar-refractivity contribution is 7.89. The van der Waals surface area contributed by atoms with Crippen LogP contribution in [0.1, 0.15) is 51.9 Å². The number of carbonyl (C=O) groups is 1. The van der Waals surface area contributed by atoms with E-state index in [1.807, 2.05) is 25.1 Å². The fourth-order valence-electron chi connectivity index (χ4n) is 3.30. The van der Waals surface area contributed by atoms with Crippen LogP contribution in [0.3, 0.4) is 0 Å². The number of likely N-dealkylation sites (tertiary alicyclic amines) is 1. The van der Waals surface area contributed by atoms with Gasteiger partial charge in [-0.05, 0) is 58.2 Å². The summed E-state index contributed by atoms with van der Waals surface area (Å²) in [6, 6.07) is 4.92. The normalized spacial score (nSPS) is 20.2. The van der Waals surface area contributed by atoms with Gasteiger partial charge in [0, 0.05) is 24.7 Å². The summed E-state index contributed by atoms with van der Waals surface area (Å²) in [7, 11) is -3.40. The maximum atomic E-state index is 12.7. The second-order valence-electron chi connectivity index (χ2n) is 7.46. The Bertz CT molecular complexity index is 807. The lowest BCUT2D eigenvalue weighted by Crippen LogP contribution is -2.58. The van der Waals surface area contributed by atoms with Gasteiger partial charge in [-0.15, -0.1) is 0 Å². The molecule has 1 aliphatic heterocycles. The van der Waals surface area contributed by atoms with E-state index in [1.54, 1.807) is 25.7 Å². The molecule has 0 saturated carbocycles. The van der Waals surface area contributed by atoms with Gasteiger partial charge in [0.15, 0.2) is 0 Å². The van der Waals surface area contributed by atoms with E-state index in [0.717, 1.165) is 17.0 Å². The van der Waals surface area contributed by atoms with Gasteiger partial charge < -0.3 is 9.64 Å². The zero-order valence-electron chi connectivity index (χ0n) is 17.1. The number of piperidine rings is 1. The number of pyridine rings is 1. The molecule has 1 fully saturated rings. The first-order valence-corrected chi connectivity index (χ1v) is 11.4. The van der Waals surface area contributed by atoms with E-state index < -0.39 is 16.1 Å². The van der Waals surface area contributed by atoms with Crippen LogP contribution in [0.2, 0.25) is 0 Å². The fraction of sp³-hybridized carbons (Fsp3) is 0.600. The van der Waals surface area contributed by atoms with Crippen molar-refractivity contribution >= 4 is 21.7 Å². The molecule has 0 aromatic carbocycles. The Balaban J connectivity index is 2.33. The largest absolute Gasteiger partial charge is 0.447 e. The molecule has 2 rings (SSSR count). The van der Waals surface area contributed by atoms with Crippen molar-refractivity contribution in [1.82, 2.24) is 14.6 Å². The summed E-state index contributed by atoms with van der Waals surface area (Å²) in [6.45, 7) is 11.5. The molecule has 2 unspecified atom stereocenters. The first-order valence-electron chi connectivity index (χ1n) is 9.72. The number of hydrogen-bond acceptors (Lipinski definition) is 5. The highest BCUT2D eigenvalue weighted by atomic mass is 32.2. The van der Waals surface area contributed by atoms with E-state index >= 15 is 0 Å². The van der Waals surface area contributed by atoms with Crippen molar-refractivity contribution in [2.75, 3.05) is 12.3 Å². The molecule has 156 valence electrons. The molecule has 0 radical (unpaired) electrons. The minimum atomic E-state index is -3.40. The number of rotatable bonds is 7. The Morgan fingerprint density at radius 1 is 1.43 bits per heavy atom. The third-order valence-electron chi connectivity index (χ3n) is 4.72. The number of hydrogen-bond donors (Lipinski definition) is 1. The molecule has 28 heavy (non-hydrogen) atoms. The molecule has 7 nitrogen and oxygen atoms in total. The van der Waals surface area contributed by atoms with Gasteiger partial charge in [-0.1, -0.05) is 12.6 Å². The SMILES string of the molecule is C=C(C)c1cccc(CC2C(NS(=O)(=O)CC)CCCN2C(=O)OC(C)C)n1. The predicted octanol–water partition coefficient (Wildman–Crippen LogP) is 2.97. The molecule has 0 bridgehead atoms. The molecule has 1 N–H and O–H groups in total. The van der Waals surface area contributed by atoms with Crippen molar-refractivity contribution in [2.45, 2.75) is 65.1 Å². The van der Waals surface area contributed by atoms with Crippen LogP contribution in [-0.2, 0) is 21.2 Å². The second-order valence-corrected chi connectivity index (χ2v) is 9.50. The van der Waals surface area contributed by atoms with E-state index in [2.05, 4.69) is 16.3 Å². The minimum Gasteiger partial charge on any atom is -0.447 e. The number of nitrogens with one attached hydrogen (secondary N) is 1. The lowest BCUT2D eigenvalue weighted by atomic mass is 9.93. The number of amides is 1. The summed E-state index contributed by atoms with van der Waals surface area (Å²) in [5.74, 6) is -0.00391. The van der Waals surface area contributed by atoms with E-state index in [9.17, 15) is 13.2 Å². The molecular formula is C20H31N3O4S. The van der Waals surface area contributed by atoms with Gasteiger partial charge in [-0.2, -0.15) is 0 Å². The van der Waals surface area contributed by atoms with Gasteiger partial charge >= 0.3 is 6.09 Å². The Labute approximate surface area is 168 Å². The number of sulfonamides is 1. The number of ether oxygens (including phenoxy) is 1. The third kappa shape index (κ3) is 6.04. The Morgan fingerprint density at radius 3 is 2.75 bits per heavy atom. The average molecular weight is 410 g/mol. The van der Waals surface area contributed by atoms with E-state index in [0.29, 0.717) is 25.8 Å². The third-order valence-corrected chi connectivity index (χ3v) is 6.15. The maximum Gasteiger partial charge on any atom is 0.410 e. The van der Waals surface area contributed by atoms with Gasteiger partial charge in [0.1, 0.15) is 0 Å². The Hall–Kier alpha value is -1.93. The van der Waals surface area contributed by atoms with Crippen molar-refractivity contribution in [1.29, 1.82) is 0 Å². The zero-order valence-corrected chi connectivity index (χ0v) is 18.0. The van der Waals surface area contributed by atoms with Gasteiger partial charge in [0.25, 0.3) is 0 Å². The molecule has 2 heterocycles. The lowest BCUT2D eigenvalue weighted by molar-refractivity contribution is 0.0459. The molecule has 1 saturated heterocycles. The van der Waals surface area contributed by atoms with Crippen LogP contribution >= 0.6 is 0 Å². The van der Waals surface area contributed by atoms with Crippen LogP contribution in [0, 0.1) is 0 Å². The van der Waals surface area contributed by atoms with Gasteiger partial charge in [-0.3, -0.25) is 4.98 Å². The first-order chi connectivity index (χ1) is 13.1. The number of carbonyl (C=O) groups excluding carboxylic acids is 1. The van der Waals surface area contributed by atoms with E-state index in [-0.39, 0.29) is 23.9 Å². The highest BCUT2D eigenvalue weighted by Gasteiger charge is 2.37. The maximum absolute atomic E-state index is 12.7. The van der Waals surface area contributed by atoms with Crippen LogP contribution in [0.4, 0.5) is 4.79 Å². The van der Waals surface area contributed by atoms with Crippen molar-refractivity contribution < 1.29 is 17.9 Å². The lowest BCUT2D eigenvalue weighted by Gasteiger charge is -2.41. The van der Waals surface area contributed by atoms with Crippen molar-refractivity contribution in [3.63, 3.8) is 0 Å². The van der Waals surface area contributed by atoms with Crippen LogP contribution < -0.4 is 4.72 Å². The summed E-state index contributed by atoms with van der Waals surface area (Å²) in [5, 5.41) is 0. The number of allylic oxidation sites excluding steroid dienone is 1. The van der Waals surface area contributed by atoms with Gasteiger partial charge in [-0.25, -0.2) is 17.9 Å². The quantitative estimate of drug-likeness (QED) is 0.748. The first kappa shape index (κ1) is 22.4. The summed E-state index contributed by atoms with van der Waals surface area (Å²) in [5.41, 5.74) is 2.43. The van der Waals surface area contributed by atoms with E-state index in [1.165, 1.54) is 0 Å². The molecule has 1 aromatic heterocycles. The summed E-state index contributed by atoms with van der Waals surface area (Å²) < 4.78 is 32.5. The zero-order chi connectivity index (χ0) is 20.9. The molecule has 2 atom stereocenters. The van der Waals surface area contributed by atoms with E-state index in [4.69, 9.17) is 4.74 Å². The summed E-state index contributed by atoms with van der Waals surface area (Å²) in [4.78, 5) is 18.9. The van der Waals surface area contributed by atoms with Crippen molar-refractivity contribution in [2.24, 2.45) is 0 Å².